The molecule has 1 aliphatic carbocycles. The van der Waals surface area contributed by atoms with E-state index >= 15 is 0 Å². The number of carbonyl (C=O) groups is 1. The van der Waals surface area contributed by atoms with Gasteiger partial charge in [0.1, 0.15) is 0 Å². The van der Waals surface area contributed by atoms with Gasteiger partial charge in [-0.1, -0.05) is 44.8 Å². The molecular weight excluding hydrogens is 260 g/mol. The Balaban J connectivity index is 2.35. The third kappa shape index (κ3) is 4.73. The van der Waals surface area contributed by atoms with E-state index in [1.165, 1.54) is 0 Å². The van der Waals surface area contributed by atoms with Crippen LogP contribution in [0.3, 0.4) is 0 Å². The SMILES string of the molecule is CCCCOCCNC(=O)C1(C(N)=S)CCCCC1. The zero-order valence-corrected chi connectivity index (χ0v) is 12.7. The molecule has 0 aromatic rings. The van der Waals surface area contributed by atoms with E-state index in [0.717, 1.165) is 51.6 Å². The van der Waals surface area contributed by atoms with Crippen molar-refractivity contribution in [2.75, 3.05) is 19.8 Å². The minimum absolute atomic E-state index is 0.0150. The number of unbranched alkanes of at least 4 members (excludes halogenated alkanes) is 1. The second-order valence-corrected chi connectivity index (χ2v) is 5.67. The van der Waals surface area contributed by atoms with Crippen molar-refractivity contribution in [2.45, 2.75) is 51.9 Å². The normalized spacial score (nSPS) is 17.9. The second kappa shape index (κ2) is 8.48. The van der Waals surface area contributed by atoms with Crippen LogP contribution in [0.4, 0.5) is 0 Å². The van der Waals surface area contributed by atoms with Gasteiger partial charge in [-0.25, -0.2) is 0 Å². The summed E-state index contributed by atoms with van der Waals surface area (Å²) in [5.41, 5.74) is 5.20. The van der Waals surface area contributed by atoms with Gasteiger partial charge < -0.3 is 15.8 Å². The summed E-state index contributed by atoms with van der Waals surface area (Å²) in [7, 11) is 0. The highest BCUT2D eigenvalue weighted by Crippen LogP contribution is 2.36. The first-order chi connectivity index (χ1) is 9.13. The molecule has 0 aliphatic heterocycles. The molecule has 0 atom stereocenters. The monoisotopic (exact) mass is 286 g/mol. The van der Waals surface area contributed by atoms with E-state index in [1.54, 1.807) is 0 Å². The summed E-state index contributed by atoms with van der Waals surface area (Å²) in [6.45, 7) is 3.97. The maximum atomic E-state index is 12.3. The fourth-order valence-electron chi connectivity index (χ4n) is 2.50. The van der Waals surface area contributed by atoms with Crippen LogP contribution < -0.4 is 11.1 Å². The van der Waals surface area contributed by atoms with Gasteiger partial charge in [0.05, 0.1) is 17.0 Å². The van der Waals surface area contributed by atoms with E-state index in [-0.39, 0.29) is 5.91 Å². The first-order valence-corrected chi connectivity index (χ1v) is 7.70. The minimum atomic E-state index is -0.614. The standard InChI is InChI=1S/C14H26N2O2S/c1-2-3-10-18-11-9-16-13(17)14(12(15)19)7-5-4-6-8-14/h2-11H2,1H3,(H2,15,19)(H,16,17). The lowest BCUT2D eigenvalue weighted by Gasteiger charge is -2.34. The fourth-order valence-corrected chi connectivity index (χ4v) is 2.79. The van der Waals surface area contributed by atoms with Gasteiger partial charge in [-0.3, -0.25) is 4.79 Å². The van der Waals surface area contributed by atoms with Gasteiger partial charge >= 0.3 is 0 Å². The summed E-state index contributed by atoms with van der Waals surface area (Å²) in [4.78, 5) is 12.7. The second-order valence-electron chi connectivity index (χ2n) is 5.23. The molecule has 0 aromatic heterocycles. The number of hydrogen-bond donors (Lipinski definition) is 2. The lowest BCUT2D eigenvalue weighted by Crippen LogP contribution is -2.50. The average molecular weight is 286 g/mol. The zero-order valence-electron chi connectivity index (χ0n) is 11.9. The minimum Gasteiger partial charge on any atom is -0.392 e. The predicted molar refractivity (Wildman–Crippen MR) is 81.0 cm³/mol. The van der Waals surface area contributed by atoms with Gasteiger partial charge in [-0.2, -0.15) is 0 Å². The highest BCUT2D eigenvalue weighted by molar-refractivity contribution is 7.80. The molecule has 19 heavy (non-hydrogen) atoms. The fraction of sp³-hybridized carbons (Fsp3) is 0.857. The lowest BCUT2D eigenvalue weighted by atomic mass is 9.73. The van der Waals surface area contributed by atoms with E-state index in [2.05, 4.69) is 12.2 Å². The molecule has 3 N–H and O–H groups in total. The Morgan fingerprint density at radius 2 is 2.00 bits per heavy atom. The van der Waals surface area contributed by atoms with Crippen LogP contribution in [-0.2, 0) is 9.53 Å². The first-order valence-electron chi connectivity index (χ1n) is 7.29. The summed E-state index contributed by atoms with van der Waals surface area (Å²) < 4.78 is 5.43. The topological polar surface area (TPSA) is 64.3 Å². The molecule has 0 bridgehead atoms. The number of nitrogens with one attached hydrogen (secondary N) is 1. The molecule has 0 saturated heterocycles. The van der Waals surface area contributed by atoms with Crippen LogP contribution in [0.15, 0.2) is 0 Å². The van der Waals surface area contributed by atoms with Crippen molar-refractivity contribution in [3.63, 3.8) is 0 Å². The molecule has 0 unspecified atom stereocenters. The number of carbonyl (C=O) groups excluding carboxylic acids is 1. The number of ether oxygens (including phenoxy) is 1. The quantitative estimate of drug-likeness (QED) is 0.530. The maximum Gasteiger partial charge on any atom is 0.233 e. The van der Waals surface area contributed by atoms with Crippen LogP contribution in [0.1, 0.15) is 51.9 Å². The predicted octanol–water partition coefficient (Wildman–Crippen LogP) is 2.16. The molecule has 0 heterocycles. The van der Waals surface area contributed by atoms with Gasteiger partial charge in [-0.05, 0) is 19.3 Å². The van der Waals surface area contributed by atoms with Crippen LogP contribution in [0.25, 0.3) is 0 Å². The van der Waals surface area contributed by atoms with Crippen molar-refractivity contribution in [3.8, 4) is 0 Å². The van der Waals surface area contributed by atoms with Crippen LogP contribution >= 0.6 is 12.2 Å². The van der Waals surface area contributed by atoms with Crippen LogP contribution in [0.5, 0.6) is 0 Å². The molecule has 1 fully saturated rings. The molecule has 4 nitrogen and oxygen atoms in total. The molecule has 1 saturated carbocycles. The maximum absolute atomic E-state index is 12.3. The van der Waals surface area contributed by atoms with Crippen LogP contribution in [0.2, 0.25) is 0 Å². The van der Waals surface area contributed by atoms with Gasteiger partial charge in [0.2, 0.25) is 5.91 Å². The molecule has 110 valence electrons. The smallest absolute Gasteiger partial charge is 0.233 e. The summed E-state index contributed by atoms with van der Waals surface area (Å²) in [5.74, 6) is -0.0150. The molecule has 0 radical (unpaired) electrons. The first kappa shape index (κ1) is 16.4. The summed E-state index contributed by atoms with van der Waals surface area (Å²) >= 11 is 5.13. The highest BCUT2D eigenvalue weighted by atomic mass is 32.1. The number of rotatable bonds is 8. The molecule has 0 spiro atoms. The Bertz CT molecular complexity index is 302. The summed E-state index contributed by atoms with van der Waals surface area (Å²) in [6.07, 6.45) is 6.96. The van der Waals surface area contributed by atoms with Crippen LogP contribution in [0, 0.1) is 5.41 Å². The molecule has 1 rings (SSSR count). The zero-order chi connectivity index (χ0) is 14.1. The van der Waals surface area contributed by atoms with Gasteiger partial charge in [0.25, 0.3) is 0 Å². The van der Waals surface area contributed by atoms with Gasteiger partial charge in [0, 0.05) is 13.2 Å². The van der Waals surface area contributed by atoms with Crippen LogP contribution in [-0.4, -0.2) is 30.7 Å². The number of nitrogens with two attached hydrogens (primary N) is 1. The molecule has 1 aliphatic rings. The Morgan fingerprint density at radius 1 is 1.32 bits per heavy atom. The number of amides is 1. The van der Waals surface area contributed by atoms with Gasteiger partial charge in [0.15, 0.2) is 0 Å². The Morgan fingerprint density at radius 3 is 2.58 bits per heavy atom. The highest BCUT2D eigenvalue weighted by Gasteiger charge is 2.41. The third-order valence-electron chi connectivity index (χ3n) is 3.79. The van der Waals surface area contributed by atoms with Crippen molar-refractivity contribution in [2.24, 2.45) is 11.1 Å². The Labute approximate surface area is 121 Å². The van der Waals surface area contributed by atoms with Crippen molar-refractivity contribution >= 4 is 23.1 Å². The summed E-state index contributed by atoms with van der Waals surface area (Å²) in [5, 5.41) is 2.92. The molecular formula is C14H26N2O2S. The molecule has 1 amide bonds. The van der Waals surface area contributed by atoms with E-state index in [4.69, 9.17) is 22.7 Å². The van der Waals surface area contributed by atoms with E-state index in [9.17, 15) is 4.79 Å². The molecule has 0 aromatic carbocycles. The van der Waals surface area contributed by atoms with Gasteiger partial charge in [-0.15, -0.1) is 0 Å². The Hall–Kier alpha value is -0.680. The van der Waals surface area contributed by atoms with Crippen molar-refractivity contribution in [3.05, 3.63) is 0 Å². The van der Waals surface area contributed by atoms with E-state index < -0.39 is 5.41 Å². The third-order valence-corrected chi connectivity index (χ3v) is 4.18. The average Bonchev–Trinajstić information content (AvgIpc) is 2.43. The Kier molecular flexibility index (Phi) is 7.31. The lowest BCUT2D eigenvalue weighted by molar-refractivity contribution is -0.129. The summed E-state index contributed by atoms with van der Waals surface area (Å²) in [6, 6.07) is 0. The largest absolute Gasteiger partial charge is 0.392 e. The van der Waals surface area contributed by atoms with Crippen molar-refractivity contribution in [1.82, 2.24) is 5.32 Å². The number of hydrogen-bond acceptors (Lipinski definition) is 3. The van der Waals surface area contributed by atoms with Crippen molar-refractivity contribution in [1.29, 1.82) is 0 Å². The molecule has 5 heteroatoms. The number of thiocarbonyl (C=S) groups is 1. The van der Waals surface area contributed by atoms with E-state index in [1.807, 2.05) is 0 Å². The van der Waals surface area contributed by atoms with E-state index in [0.29, 0.717) is 18.1 Å². The van der Waals surface area contributed by atoms with Crippen molar-refractivity contribution < 1.29 is 9.53 Å².